The molecule has 2 atom stereocenters. The highest BCUT2D eigenvalue weighted by Gasteiger charge is 2.43. The topological polar surface area (TPSA) is 72.4 Å². The fourth-order valence-corrected chi connectivity index (χ4v) is 5.28. The van der Waals surface area contributed by atoms with Crippen LogP contribution in [0, 0.1) is 0 Å². The number of fused-ring (bicyclic) bond motifs is 1. The first kappa shape index (κ1) is 24.9. The Kier molecular flexibility index (Phi) is 6.48. The number of methoxy groups -OCH3 is 2. The highest BCUT2D eigenvalue weighted by molar-refractivity contribution is 6.00. The van der Waals surface area contributed by atoms with Crippen LogP contribution in [-0.4, -0.2) is 36.6 Å². The lowest BCUT2D eigenvalue weighted by molar-refractivity contribution is 0.0377. The number of alkyl carbamates (subject to hydrolysis) is 1. The number of rotatable bonds is 6. The minimum absolute atomic E-state index is 0.0522. The molecule has 7 nitrogen and oxygen atoms in total. The maximum atomic E-state index is 12.6. The SMILES string of the molecule is COC1=CN2C(=NC(c3ccc(C4(NC(=O)OC(C)(C)C)CCC4)cc3)C2c2ccccc2)C(OC)=C1. The molecule has 0 bridgehead atoms. The number of benzene rings is 2. The molecule has 1 fully saturated rings. The Morgan fingerprint density at radius 1 is 1.00 bits per heavy atom. The zero-order chi connectivity index (χ0) is 26.2. The third kappa shape index (κ3) is 4.82. The van der Waals surface area contributed by atoms with Crippen LogP contribution in [0.15, 0.2) is 83.4 Å². The summed E-state index contributed by atoms with van der Waals surface area (Å²) in [7, 11) is 3.31. The number of hydrogen-bond acceptors (Lipinski definition) is 6. The lowest BCUT2D eigenvalue weighted by atomic mass is 9.71. The summed E-state index contributed by atoms with van der Waals surface area (Å²) in [5, 5.41) is 3.15. The van der Waals surface area contributed by atoms with E-state index >= 15 is 0 Å². The predicted molar refractivity (Wildman–Crippen MR) is 143 cm³/mol. The molecule has 0 aromatic heterocycles. The molecule has 2 unspecified atom stereocenters. The van der Waals surface area contributed by atoms with Gasteiger partial charge in [0.05, 0.1) is 25.8 Å². The minimum atomic E-state index is -0.536. The molecule has 3 aliphatic rings. The molecule has 1 saturated carbocycles. The summed E-state index contributed by atoms with van der Waals surface area (Å²) in [5.74, 6) is 2.18. The van der Waals surface area contributed by atoms with Gasteiger partial charge in [-0.1, -0.05) is 54.6 Å². The number of hydrogen-bond donors (Lipinski definition) is 1. The van der Waals surface area contributed by atoms with E-state index in [9.17, 15) is 4.79 Å². The van der Waals surface area contributed by atoms with Crippen LogP contribution in [0.5, 0.6) is 0 Å². The highest BCUT2D eigenvalue weighted by Crippen LogP contribution is 2.46. The van der Waals surface area contributed by atoms with E-state index in [0.717, 1.165) is 41.8 Å². The number of amidine groups is 1. The fraction of sp³-hybridized carbons (Fsp3) is 0.400. The van der Waals surface area contributed by atoms with E-state index in [1.165, 1.54) is 0 Å². The van der Waals surface area contributed by atoms with Crippen LogP contribution in [-0.2, 0) is 19.7 Å². The van der Waals surface area contributed by atoms with Crippen molar-refractivity contribution in [2.24, 2.45) is 4.99 Å². The van der Waals surface area contributed by atoms with Crippen LogP contribution in [0.25, 0.3) is 0 Å². The molecule has 2 heterocycles. The zero-order valence-corrected chi connectivity index (χ0v) is 22.2. The molecule has 0 spiro atoms. The number of carbonyl (C=O) groups is 1. The van der Waals surface area contributed by atoms with Crippen LogP contribution in [0.4, 0.5) is 4.79 Å². The van der Waals surface area contributed by atoms with Gasteiger partial charge in [-0.15, -0.1) is 0 Å². The summed E-state index contributed by atoms with van der Waals surface area (Å²) in [6.07, 6.45) is 6.33. The van der Waals surface area contributed by atoms with Gasteiger partial charge in [0.1, 0.15) is 17.4 Å². The molecule has 2 aromatic rings. The molecule has 2 aliphatic heterocycles. The first-order valence-electron chi connectivity index (χ1n) is 12.8. The van der Waals surface area contributed by atoms with Gasteiger partial charge >= 0.3 is 6.09 Å². The fourth-order valence-electron chi connectivity index (χ4n) is 5.28. The van der Waals surface area contributed by atoms with Gasteiger partial charge in [0.15, 0.2) is 11.6 Å². The first-order valence-corrected chi connectivity index (χ1v) is 12.8. The standard InChI is InChI=1S/C30H35N3O4/c1-29(2,3)37-28(34)32-30(16-9-17-30)22-14-12-20(13-15-22)25-26(21-10-7-6-8-11-21)33-19-23(35-4)18-24(36-5)27(33)31-25/h6-8,10-15,18-19,25-26H,9,16-17H2,1-5H3,(H,32,34). The van der Waals surface area contributed by atoms with Gasteiger partial charge in [-0.3, -0.25) is 4.99 Å². The van der Waals surface area contributed by atoms with Gasteiger partial charge in [-0.2, -0.15) is 0 Å². The number of carbonyl (C=O) groups excluding carboxylic acids is 1. The van der Waals surface area contributed by atoms with Gasteiger partial charge in [-0.25, -0.2) is 4.79 Å². The number of ether oxygens (including phenoxy) is 3. The molecular formula is C30H35N3O4. The summed E-state index contributed by atoms with van der Waals surface area (Å²) in [6, 6.07) is 18.7. The molecule has 1 amide bonds. The molecular weight excluding hydrogens is 466 g/mol. The average molecular weight is 502 g/mol. The third-order valence-electron chi connectivity index (χ3n) is 7.21. The van der Waals surface area contributed by atoms with Crippen molar-refractivity contribution in [1.29, 1.82) is 0 Å². The minimum Gasteiger partial charge on any atom is -0.495 e. The maximum Gasteiger partial charge on any atom is 0.408 e. The van der Waals surface area contributed by atoms with Crippen LogP contribution in [0.2, 0.25) is 0 Å². The van der Waals surface area contributed by atoms with E-state index in [2.05, 4.69) is 46.6 Å². The lowest BCUT2D eigenvalue weighted by Gasteiger charge is -2.43. The van der Waals surface area contributed by atoms with Crippen molar-refractivity contribution in [3.05, 3.63) is 95.1 Å². The molecule has 0 saturated heterocycles. The molecule has 1 N–H and O–H groups in total. The Balaban J connectivity index is 1.47. The van der Waals surface area contributed by atoms with Crippen LogP contribution >= 0.6 is 0 Å². The number of allylic oxidation sites excluding steroid dienone is 1. The number of amides is 1. The Morgan fingerprint density at radius 2 is 1.70 bits per heavy atom. The summed E-state index contributed by atoms with van der Waals surface area (Å²) in [6.45, 7) is 5.64. The number of nitrogens with zero attached hydrogens (tertiary/aromatic N) is 2. The second kappa shape index (κ2) is 9.61. The van der Waals surface area contributed by atoms with Crippen molar-refractivity contribution in [2.45, 2.75) is 63.3 Å². The molecule has 2 aromatic carbocycles. The van der Waals surface area contributed by atoms with Crippen molar-refractivity contribution in [2.75, 3.05) is 14.2 Å². The third-order valence-corrected chi connectivity index (χ3v) is 7.21. The first-order chi connectivity index (χ1) is 17.7. The second-order valence-electron chi connectivity index (χ2n) is 10.8. The molecule has 7 heteroatoms. The highest BCUT2D eigenvalue weighted by atomic mass is 16.6. The monoisotopic (exact) mass is 501 g/mol. The molecule has 194 valence electrons. The van der Waals surface area contributed by atoms with Crippen LogP contribution in [0.3, 0.4) is 0 Å². The van der Waals surface area contributed by atoms with E-state index in [-0.39, 0.29) is 23.7 Å². The van der Waals surface area contributed by atoms with Crippen molar-refractivity contribution in [3.8, 4) is 0 Å². The van der Waals surface area contributed by atoms with E-state index in [0.29, 0.717) is 11.5 Å². The number of aliphatic imine (C=N–C) groups is 1. The van der Waals surface area contributed by atoms with Gasteiger partial charge in [0.25, 0.3) is 0 Å². The number of nitrogens with one attached hydrogen (secondary N) is 1. The van der Waals surface area contributed by atoms with Gasteiger partial charge in [0.2, 0.25) is 0 Å². The Bertz CT molecular complexity index is 1240. The van der Waals surface area contributed by atoms with Gasteiger partial charge in [0, 0.05) is 12.3 Å². The Hall–Kier alpha value is -3.74. The summed E-state index contributed by atoms with van der Waals surface area (Å²) < 4.78 is 16.8. The van der Waals surface area contributed by atoms with E-state index < -0.39 is 5.60 Å². The molecule has 1 aliphatic carbocycles. The van der Waals surface area contributed by atoms with E-state index in [1.807, 2.05) is 51.2 Å². The smallest absolute Gasteiger partial charge is 0.408 e. The van der Waals surface area contributed by atoms with Gasteiger partial charge in [-0.05, 0) is 56.7 Å². The molecule has 0 radical (unpaired) electrons. The van der Waals surface area contributed by atoms with Gasteiger partial charge < -0.3 is 24.4 Å². The van der Waals surface area contributed by atoms with Crippen molar-refractivity contribution in [3.63, 3.8) is 0 Å². The molecule has 5 rings (SSSR count). The predicted octanol–water partition coefficient (Wildman–Crippen LogP) is 6.12. The van der Waals surface area contributed by atoms with Crippen molar-refractivity contribution < 1.29 is 19.0 Å². The average Bonchev–Trinajstić information content (AvgIpc) is 3.24. The largest absolute Gasteiger partial charge is 0.495 e. The quantitative estimate of drug-likeness (QED) is 0.516. The molecule has 37 heavy (non-hydrogen) atoms. The van der Waals surface area contributed by atoms with Crippen LogP contribution in [0.1, 0.15) is 68.8 Å². The lowest BCUT2D eigenvalue weighted by Crippen LogP contribution is -2.52. The van der Waals surface area contributed by atoms with E-state index in [4.69, 9.17) is 19.2 Å². The Labute approximate surface area is 218 Å². The zero-order valence-electron chi connectivity index (χ0n) is 22.2. The normalized spacial score (nSPS) is 22.1. The maximum absolute atomic E-state index is 12.6. The summed E-state index contributed by atoms with van der Waals surface area (Å²) >= 11 is 0. The van der Waals surface area contributed by atoms with Crippen molar-refractivity contribution >= 4 is 11.9 Å². The summed E-state index contributed by atoms with van der Waals surface area (Å²) in [5.41, 5.74) is 2.41. The summed E-state index contributed by atoms with van der Waals surface area (Å²) in [4.78, 5) is 19.9. The Morgan fingerprint density at radius 3 is 2.27 bits per heavy atom. The van der Waals surface area contributed by atoms with E-state index in [1.54, 1.807) is 14.2 Å². The van der Waals surface area contributed by atoms with Crippen LogP contribution < -0.4 is 5.32 Å². The van der Waals surface area contributed by atoms with Crippen molar-refractivity contribution in [1.82, 2.24) is 10.2 Å². The second-order valence-corrected chi connectivity index (χ2v) is 10.8.